The van der Waals surface area contributed by atoms with Crippen LogP contribution in [0.1, 0.15) is 11.1 Å². The van der Waals surface area contributed by atoms with Crippen LogP contribution in [0.5, 0.6) is 0 Å². The van der Waals surface area contributed by atoms with Gasteiger partial charge in [0.2, 0.25) is 0 Å². The smallest absolute Gasteiger partial charge is 0.289 e. The van der Waals surface area contributed by atoms with Gasteiger partial charge in [0.25, 0.3) is 5.56 Å². The molecule has 0 bridgehead atoms. The van der Waals surface area contributed by atoms with Crippen molar-refractivity contribution in [2.75, 3.05) is 31.1 Å². The molecule has 0 aliphatic carbocycles. The summed E-state index contributed by atoms with van der Waals surface area (Å²) in [4.78, 5) is 16.3. The number of aromatic nitrogens is 2. The molecule has 0 saturated carbocycles. The first kappa shape index (κ1) is 17.4. The minimum absolute atomic E-state index is 0.210. The fourth-order valence-electron chi connectivity index (χ4n) is 2.89. The van der Waals surface area contributed by atoms with Gasteiger partial charge >= 0.3 is 0 Å². The summed E-state index contributed by atoms with van der Waals surface area (Å²) in [5, 5.41) is 6.58. The van der Waals surface area contributed by atoms with Gasteiger partial charge in [-0.2, -0.15) is 5.10 Å². The van der Waals surface area contributed by atoms with E-state index in [2.05, 4.69) is 31.0 Å². The molecule has 128 valence electrons. The third-order valence-electron chi connectivity index (χ3n) is 4.25. The number of halogens is 3. The zero-order valence-electron chi connectivity index (χ0n) is 13.2. The summed E-state index contributed by atoms with van der Waals surface area (Å²) in [7, 11) is 0. The molecule has 24 heavy (non-hydrogen) atoms. The molecule has 0 unspecified atom stereocenters. The fourth-order valence-corrected chi connectivity index (χ4v) is 3.41. The second-order valence-corrected chi connectivity index (χ2v) is 6.97. The monoisotopic (exact) mass is 414 g/mol. The van der Waals surface area contributed by atoms with Gasteiger partial charge in [-0.05, 0) is 46.1 Å². The highest BCUT2D eigenvalue weighted by atomic mass is 79.9. The second kappa shape index (κ2) is 7.21. The molecule has 1 aromatic heterocycles. The number of hydrogen-bond acceptors (Lipinski definition) is 4. The van der Waals surface area contributed by atoms with Crippen molar-refractivity contribution in [2.24, 2.45) is 0 Å². The number of aryl methyl sites for hydroxylation is 1. The molecule has 1 aromatic carbocycles. The Kier molecular flexibility index (Phi) is 5.22. The predicted octanol–water partition coefficient (Wildman–Crippen LogP) is 2.96. The number of hydrogen-bond donors (Lipinski definition) is 1. The quantitative estimate of drug-likeness (QED) is 0.837. The highest BCUT2D eigenvalue weighted by molar-refractivity contribution is 9.10. The summed E-state index contributed by atoms with van der Waals surface area (Å²) >= 11 is 9.45. The first-order valence-electron chi connectivity index (χ1n) is 7.61. The Bertz CT molecular complexity index is 805. The molecule has 1 fully saturated rings. The maximum atomic E-state index is 13.2. The minimum Gasteiger partial charge on any atom is -0.363 e. The fraction of sp³-hybridized carbons (Fsp3) is 0.375. The van der Waals surface area contributed by atoms with Crippen LogP contribution in [-0.4, -0.2) is 41.3 Å². The van der Waals surface area contributed by atoms with E-state index in [-0.39, 0.29) is 11.4 Å². The Balaban J connectivity index is 1.68. The van der Waals surface area contributed by atoms with E-state index in [1.807, 2.05) is 17.9 Å². The average molecular weight is 416 g/mol. The first-order valence-corrected chi connectivity index (χ1v) is 8.79. The van der Waals surface area contributed by atoms with Crippen molar-refractivity contribution in [1.82, 2.24) is 15.1 Å². The Morgan fingerprint density at radius 1 is 1.33 bits per heavy atom. The molecule has 0 radical (unpaired) electrons. The number of nitrogens with one attached hydrogen (secondary N) is 1. The molecule has 1 aliphatic heterocycles. The van der Waals surface area contributed by atoms with Gasteiger partial charge in [0.05, 0.1) is 0 Å². The van der Waals surface area contributed by atoms with Crippen molar-refractivity contribution in [3.63, 3.8) is 0 Å². The molecule has 0 atom stereocenters. The number of rotatable bonds is 3. The van der Waals surface area contributed by atoms with Crippen LogP contribution in [0.2, 0.25) is 5.02 Å². The summed E-state index contributed by atoms with van der Waals surface area (Å²) in [6.45, 7) is 5.67. The van der Waals surface area contributed by atoms with Gasteiger partial charge in [-0.3, -0.25) is 9.69 Å². The number of benzene rings is 1. The molecule has 5 nitrogen and oxygen atoms in total. The normalized spacial score (nSPS) is 15.8. The molecule has 2 heterocycles. The van der Waals surface area contributed by atoms with Gasteiger partial charge in [-0.25, -0.2) is 9.49 Å². The largest absolute Gasteiger partial charge is 0.363 e. The summed E-state index contributed by atoms with van der Waals surface area (Å²) < 4.78 is 13.6. The number of piperazine rings is 1. The summed E-state index contributed by atoms with van der Waals surface area (Å²) in [6.07, 6.45) is 0. The molecule has 8 heteroatoms. The maximum absolute atomic E-state index is 13.2. The molecular weight excluding hydrogens is 399 g/mol. The van der Waals surface area contributed by atoms with E-state index in [1.54, 1.807) is 6.07 Å². The van der Waals surface area contributed by atoms with Crippen molar-refractivity contribution < 1.29 is 4.39 Å². The van der Waals surface area contributed by atoms with E-state index in [0.717, 1.165) is 30.8 Å². The van der Waals surface area contributed by atoms with Crippen LogP contribution < -0.4 is 10.5 Å². The van der Waals surface area contributed by atoms with Gasteiger partial charge in [-0.1, -0.05) is 17.7 Å². The zero-order valence-corrected chi connectivity index (χ0v) is 15.5. The van der Waals surface area contributed by atoms with Gasteiger partial charge in [0.1, 0.15) is 21.1 Å². The lowest BCUT2D eigenvalue weighted by Gasteiger charge is -2.36. The van der Waals surface area contributed by atoms with E-state index in [4.69, 9.17) is 11.6 Å². The van der Waals surface area contributed by atoms with Crippen molar-refractivity contribution >= 4 is 33.2 Å². The Hall–Kier alpha value is -1.44. The second-order valence-electron chi connectivity index (χ2n) is 5.84. The molecule has 1 aliphatic rings. The first-order chi connectivity index (χ1) is 11.5. The standard InChI is InChI=1S/C16H17BrClFN4O/c1-10-8-12(19)3-2-11(10)9-22-4-6-23(7-5-22)14-13(18)15(17)20-21-16(14)24/h2-3,8H,4-7,9H2,1H3,(H,21,24). The van der Waals surface area contributed by atoms with Gasteiger partial charge in [0.15, 0.2) is 0 Å². The maximum Gasteiger partial charge on any atom is 0.289 e. The van der Waals surface area contributed by atoms with E-state index in [1.165, 1.54) is 6.07 Å². The Morgan fingerprint density at radius 3 is 2.71 bits per heavy atom. The third kappa shape index (κ3) is 3.63. The number of nitrogens with zero attached hydrogens (tertiary/aromatic N) is 3. The molecule has 1 saturated heterocycles. The number of anilines is 1. The van der Waals surface area contributed by atoms with Crippen LogP contribution in [0.15, 0.2) is 27.6 Å². The van der Waals surface area contributed by atoms with Crippen LogP contribution in [0.4, 0.5) is 10.1 Å². The average Bonchev–Trinajstić information content (AvgIpc) is 2.55. The molecule has 0 spiro atoms. The lowest BCUT2D eigenvalue weighted by Crippen LogP contribution is -2.47. The highest BCUT2D eigenvalue weighted by Crippen LogP contribution is 2.28. The summed E-state index contributed by atoms with van der Waals surface area (Å²) in [5.41, 5.74) is 2.24. The lowest BCUT2D eigenvalue weighted by molar-refractivity contribution is 0.249. The molecule has 2 aromatic rings. The van der Waals surface area contributed by atoms with Gasteiger partial charge < -0.3 is 4.90 Å². The van der Waals surface area contributed by atoms with E-state index < -0.39 is 0 Å². The molecule has 1 N–H and O–H groups in total. The van der Waals surface area contributed by atoms with E-state index in [9.17, 15) is 9.18 Å². The van der Waals surface area contributed by atoms with Crippen molar-refractivity contribution in [3.05, 3.63) is 55.1 Å². The highest BCUT2D eigenvalue weighted by Gasteiger charge is 2.23. The zero-order chi connectivity index (χ0) is 17.3. The topological polar surface area (TPSA) is 52.2 Å². The van der Waals surface area contributed by atoms with Gasteiger partial charge in [-0.15, -0.1) is 0 Å². The van der Waals surface area contributed by atoms with E-state index >= 15 is 0 Å². The van der Waals surface area contributed by atoms with Crippen molar-refractivity contribution in [1.29, 1.82) is 0 Å². The molecular formula is C16H17BrClFN4O. The van der Waals surface area contributed by atoms with Crippen LogP contribution in [0.25, 0.3) is 0 Å². The number of aromatic amines is 1. The SMILES string of the molecule is Cc1cc(F)ccc1CN1CCN(c2c(Cl)c(Br)n[nH]c2=O)CC1. The Morgan fingerprint density at radius 2 is 2.04 bits per heavy atom. The van der Waals surface area contributed by atoms with Crippen LogP contribution in [0, 0.1) is 12.7 Å². The number of H-pyrrole nitrogens is 1. The summed E-state index contributed by atoms with van der Waals surface area (Å²) in [5.74, 6) is -0.210. The molecule has 0 amide bonds. The lowest BCUT2D eigenvalue weighted by atomic mass is 10.1. The van der Waals surface area contributed by atoms with Gasteiger partial charge in [0, 0.05) is 32.7 Å². The van der Waals surface area contributed by atoms with Crippen LogP contribution >= 0.6 is 27.5 Å². The summed E-state index contributed by atoms with van der Waals surface area (Å²) in [6, 6.07) is 4.88. The van der Waals surface area contributed by atoms with E-state index in [0.29, 0.717) is 28.4 Å². The van der Waals surface area contributed by atoms with Crippen molar-refractivity contribution in [2.45, 2.75) is 13.5 Å². The molecule has 3 rings (SSSR count). The van der Waals surface area contributed by atoms with Crippen molar-refractivity contribution in [3.8, 4) is 0 Å². The third-order valence-corrected chi connectivity index (χ3v) is 5.41. The predicted molar refractivity (Wildman–Crippen MR) is 96.2 cm³/mol. The van der Waals surface area contributed by atoms with Crippen LogP contribution in [-0.2, 0) is 6.54 Å². The Labute approximate surface area is 152 Å². The minimum atomic E-state index is -0.286. The van der Waals surface area contributed by atoms with Crippen LogP contribution in [0.3, 0.4) is 0 Å².